The molecule has 100 valence electrons. The van der Waals surface area contributed by atoms with Crippen LogP contribution in [0.5, 0.6) is 5.75 Å². The number of methoxy groups -OCH3 is 1. The van der Waals surface area contributed by atoms with Crippen LogP contribution in [0.1, 0.15) is 24.9 Å². The molecular formula is C14H23N3O. The van der Waals surface area contributed by atoms with Crippen molar-refractivity contribution in [3.63, 3.8) is 0 Å². The summed E-state index contributed by atoms with van der Waals surface area (Å²) >= 11 is 0. The van der Waals surface area contributed by atoms with Crippen LogP contribution in [0.25, 0.3) is 0 Å². The van der Waals surface area contributed by atoms with Gasteiger partial charge in [-0.3, -0.25) is 5.43 Å². The Labute approximate surface area is 109 Å². The highest BCUT2D eigenvalue weighted by atomic mass is 16.5. The van der Waals surface area contributed by atoms with Crippen molar-refractivity contribution in [1.82, 2.24) is 16.2 Å². The van der Waals surface area contributed by atoms with Gasteiger partial charge in [-0.25, -0.2) is 5.43 Å². The van der Waals surface area contributed by atoms with E-state index in [0.29, 0.717) is 12.0 Å². The molecule has 1 aliphatic rings. The van der Waals surface area contributed by atoms with Crippen molar-refractivity contribution < 1.29 is 4.74 Å². The molecule has 0 bridgehead atoms. The van der Waals surface area contributed by atoms with Gasteiger partial charge in [-0.1, -0.05) is 19.1 Å². The van der Waals surface area contributed by atoms with Gasteiger partial charge in [0.1, 0.15) is 5.75 Å². The molecule has 2 rings (SSSR count). The number of rotatable bonds is 6. The standard InChI is InChI=1S/C14H23N3O/c1-3-8-15-9-12-10-16-17-14(12)11-4-6-13(18-2)7-5-11/h4-7,12,14-17H,3,8-10H2,1-2H3. The van der Waals surface area contributed by atoms with Crippen molar-refractivity contribution in [1.29, 1.82) is 0 Å². The van der Waals surface area contributed by atoms with Crippen molar-refractivity contribution >= 4 is 0 Å². The molecule has 3 N–H and O–H groups in total. The first-order valence-electron chi connectivity index (χ1n) is 6.68. The molecule has 18 heavy (non-hydrogen) atoms. The molecule has 4 heteroatoms. The normalized spacial score (nSPS) is 23.2. The summed E-state index contributed by atoms with van der Waals surface area (Å²) in [5.74, 6) is 1.50. The van der Waals surface area contributed by atoms with Gasteiger partial charge in [0.25, 0.3) is 0 Å². The third-order valence-corrected chi connectivity index (χ3v) is 3.40. The van der Waals surface area contributed by atoms with Gasteiger partial charge in [-0.15, -0.1) is 0 Å². The van der Waals surface area contributed by atoms with Gasteiger partial charge < -0.3 is 10.1 Å². The Kier molecular flexibility index (Phi) is 4.99. The van der Waals surface area contributed by atoms with E-state index < -0.39 is 0 Å². The topological polar surface area (TPSA) is 45.3 Å². The molecule has 1 fully saturated rings. The van der Waals surface area contributed by atoms with Crippen molar-refractivity contribution in [3.8, 4) is 5.75 Å². The third-order valence-electron chi connectivity index (χ3n) is 3.40. The van der Waals surface area contributed by atoms with Crippen LogP contribution in [-0.2, 0) is 0 Å². The molecule has 2 unspecified atom stereocenters. The Bertz CT molecular complexity index is 353. The van der Waals surface area contributed by atoms with Gasteiger partial charge in [0.05, 0.1) is 13.2 Å². The summed E-state index contributed by atoms with van der Waals surface area (Å²) in [6, 6.07) is 8.69. The zero-order valence-electron chi connectivity index (χ0n) is 11.2. The van der Waals surface area contributed by atoms with E-state index in [0.717, 1.165) is 25.4 Å². The number of ether oxygens (including phenoxy) is 1. The molecule has 1 aliphatic heterocycles. The number of benzene rings is 1. The van der Waals surface area contributed by atoms with Gasteiger partial charge in [-0.2, -0.15) is 0 Å². The molecule has 0 amide bonds. The van der Waals surface area contributed by atoms with Crippen LogP contribution in [0, 0.1) is 5.92 Å². The Hall–Kier alpha value is -1.10. The fourth-order valence-corrected chi connectivity index (χ4v) is 2.36. The first kappa shape index (κ1) is 13.3. The quantitative estimate of drug-likeness (QED) is 0.668. The highest BCUT2D eigenvalue weighted by molar-refractivity contribution is 5.29. The van der Waals surface area contributed by atoms with Gasteiger partial charge in [0.15, 0.2) is 0 Å². The Morgan fingerprint density at radius 2 is 2.11 bits per heavy atom. The summed E-state index contributed by atoms with van der Waals surface area (Å²) in [6.45, 7) is 5.34. The van der Waals surface area contributed by atoms with E-state index in [-0.39, 0.29) is 0 Å². The second-order valence-electron chi connectivity index (χ2n) is 4.74. The SMILES string of the molecule is CCCNCC1CNNC1c1ccc(OC)cc1. The van der Waals surface area contributed by atoms with E-state index in [2.05, 4.69) is 35.2 Å². The lowest BCUT2D eigenvalue weighted by molar-refractivity contribution is 0.413. The second-order valence-corrected chi connectivity index (χ2v) is 4.74. The maximum absolute atomic E-state index is 5.19. The number of hydrogen-bond donors (Lipinski definition) is 3. The van der Waals surface area contributed by atoms with Crippen LogP contribution in [0.4, 0.5) is 0 Å². The largest absolute Gasteiger partial charge is 0.497 e. The van der Waals surface area contributed by atoms with Crippen molar-refractivity contribution in [2.24, 2.45) is 5.92 Å². The van der Waals surface area contributed by atoms with Crippen LogP contribution >= 0.6 is 0 Å². The minimum absolute atomic E-state index is 0.375. The molecule has 0 aromatic heterocycles. The Morgan fingerprint density at radius 3 is 2.78 bits per heavy atom. The molecule has 0 aliphatic carbocycles. The lowest BCUT2D eigenvalue weighted by atomic mass is 9.95. The lowest BCUT2D eigenvalue weighted by Gasteiger charge is -2.19. The number of nitrogens with one attached hydrogen (secondary N) is 3. The Balaban J connectivity index is 1.96. The fourth-order valence-electron chi connectivity index (χ4n) is 2.36. The smallest absolute Gasteiger partial charge is 0.118 e. The Morgan fingerprint density at radius 1 is 1.33 bits per heavy atom. The second kappa shape index (κ2) is 6.73. The van der Waals surface area contributed by atoms with Gasteiger partial charge in [0, 0.05) is 19.0 Å². The molecule has 0 spiro atoms. The van der Waals surface area contributed by atoms with Crippen LogP contribution < -0.4 is 20.9 Å². The average molecular weight is 249 g/mol. The zero-order valence-corrected chi connectivity index (χ0v) is 11.2. The first-order chi connectivity index (χ1) is 8.85. The molecule has 2 atom stereocenters. The van der Waals surface area contributed by atoms with E-state index in [1.165, 1.54) is 12.0 Å². The van der Waals surface area contributed by atoms with E-state index in [1.54, 1.807) is 7.11 Å². The summed E-state index contributed by atoms with van der Waals surface area (Å²) in [5.41, 5.74) is 7.92. The molecule has 0 radical (unpaired) electrons. The summed E-state index contributed by atoms with van der Waals surface area (Å²) in [6.07, 6.45) is 1.18. The average Bonchev–Trinajstić information content (AvgIpc) is 2.88. The molecule has 1 saturated heterocycles. The molecule has 0 saturated carbocycles. The number of hydrogen-bond acceptors (Lipinski definition) is 4. The third kappa shape index (κ3) is 3.22. The van der Waals surface area contributed by atoms with E-state index in [9.17, 15) is 0 Å². The minimum Gasteiger partial charge on any atom is -0.497 e. The van der Waals surface area contributed by atoms with Gasteiger partial charge >= 0.3 is 0 Å². The molecule has 1 aromatic carbocycles. The monoisotopic (exact) mass is 249 g/mol. The lowest BCUT2D eigenvalue weighted by Crippen LogP contribution is -2.29. The highest BCUT2D eigenvalue weighted by Gasteiger charge is 2.27. The van der Waals surface area contributed by atoms with Crippen molar-refractivity contribution in [2.45, 2.75) is 19.4 Å². The highest BCUT2D eigenvalue weighted by Crippen LogP contribution is 2.25. The summed E-state index contributed by atoms with van der Waals surface area (Å²) in [5, 5.41) is 3.49. The predicted molar refractivity (Wildman–Crippen MR) is 73.5 cm³/mol. The van der Waals surface area contributed by atoms with Crippen LogP contribution in [0.3, 0.4) is 0 Å². The molecule has 1 heterocycles. The molecular weight excluding hydrogens is 226 g/mol. The fraction of sp³-hybridized carbons (Fsp3) is 0.571. The van der Waals surface area contributed by atoms with Crippen LogP contribution in [0.2, 0.25) is 0 Å². The first-order valence-corrected chi connectivity index (χ1v) is 6.68. The van der Waals surface area contributed by atoms with Gasteiger partial charge in [0.2, 0.25) is 0 Å². The van der Waals surface area contributed by atoms with E-state index in [4.69, 9.17) is 4.74 Å². The molecule has 4 nitrogen and oxygen atoms in total. The summed E-state index contributed by atoms with van der Waals surface area (Å²) < 4.78 is 5.19. The maximum atomic E-state index is 5.19. The predicted octanol–water partition coefficient (Wildman–Crippen LogP) is 1.46. The van der Waals surface area contributed by atoms with E-state index in [1.807, 2.05) is 12.1 Å². The van der Waals surface area contributed by atoms with Crippen molar-refractivity contribution in [3.05, 3.63) is 29.8 Å². The summed E-state index contributed by atoms with van der Waals surface area (Å²) in [7, 11) is 1.70. The zero-order chi connectivity index (χ0) is 12.8. The van der Waals surface area contributed by atoms with E-state index >= 15 is 0 Å². The van der Waals surface area contributed by atoms with Crippen LogP contribution in [0.15, 0.2) is 24.3 Å². The maximum Gasteiger partial charge on any atom is 0.118 e. The van der Waals surface area contributed by atoms with Gasteiger partial charge in [-0.05, 0) is 30.7 Å². The minimum atomic E-state index is 0.375. The van der Waals surface area contributed by atoms with Crippen LogP contribution in [-0.4, -0.2) is 26.7 Å². The number of hydrazine groups is 1. The van der Waals surface area contributed by atoms with Crippen molar-refractivity contribution in [2.75, 3.05) is 26.7 Å². The summed E-state index contributed by atoms with van der Waals surface area (Å²) in [4.78, 5) is 0. The molecule has 1 aromatic rings.